The molecule has 2 aliphatic rings. The Morgan fingerprint density at radius 1 is 0.611 bits per heavy atom. The summed E-state index contributed by atoms with van der Waals surface area (Å²) in [5.41, 5.74) is 3.06. The van der Waals surface area contributed by atoms with Crippen LogP contribution in [0.2, 0.25) is 0 Å². The van der Waals surface area contributed by atoms with E-state index in [1.165, 1.54) is 75.3 Å². The van der Waals surface area contributed by atoms with Gasteiger partial charge in [-0.3, -0.25) is 0 Å². The smallest absolute Gasteiger partial charge is 0.0143 e. The van der Waals surface area contributed by atoms with Crippen molar-refractivity contribution in [3.63, 3.8) is 0 Å². The van der Waals surface area contributed by atoms with E-state index in [1.54, 1.807) is 0 Å². The van der Waals surface area contributed by atoms with E-state index in [0.29, 0.717) is 0 Å². The van der Waals surface area contributed by atoms with Crippen molar-refractivity contribution >= 4 is 0 Å². The number of benzene rings is 1. The molecular weight excluding hydrogens is 216 g/mol. The molecule has 0 atom stereocenters. The van der Waals surface area contributed by atoms with Gasteiger partial charge >= 0.3 is 0 Å². The van der Waals surface area contributed by atoms with E-state index >= 15 is 0 Å². The summed E-state index contributed by atoms with van der Waals surface area (Å²) in [6.45, 7) is 0. The van der Waals surface area contributed by atoms with Crippen molar-refractivity contribution in [3.05, 3.63) is 35.4 Å². The van der Waals surface area contributed by atoms with Crippen molar-refractivity contribution in [2.75, 3.05) is 0 Å². The van der Waals surface area contributed by atoms with Crippen LogP contribution in [0.3, 0.4) is 0 Å². The lowest BCUT2D eigenvalue weighted by molar-refractivity contribution is 0.418. The third-order valence-electron chi connectivity index (χ3n) is 4.88. The third-order valence-corrected chi connectivity index (χ3v) is 4.88. The van der Waals surface area contributed by atoms with E-state index < -0.39 is 0 Å². The van der Waals surface area contributed by atoms with E-state index in [-0.39, 0.29) is 0 Å². The van der Waals surface area contributed by atoms with Crippen LogP contribution in [0, 0.1) is 12.1 Å². The lowest BCUT2D eigenvalue weighted by atomic mass is 9.76. The summed E-state index contributed by atoms with van der Waals surface area (Å²) in [7, 11) is 0. The minimum atomic E-state index is 0.785. The molecule has 2 saturated carbocycles. The molecule has 1 aromatic rings. The van der Waals surface area contributed by atoms with E-state index in [1.807, 2.05) is 0 Å². The normalized spacial score (nSPS) is 23.1. The Bertz CT molecular complexity index is 330. The molecule has 0 amide bonds. The van der Waals surface area contributed by atoms with Crippen LogP contribution in [0.25, 0.3) is 0 Å². The van der Waals surface area contributed by atoms with Crippen LogP contribution < -0.4 is 0 Å². The van der Waals surface area contributed by atoms with Crippen LogP contribution >= 0.6 is 0 Å². The van der Waals surface area contributed by atoms with Gasteiger partial charge in [0.25, 0.3) is 0 Å². The summed E-state index contributed by atoms with van der Waals surface area (Å²) in [4.78, 5) is 0. The second kappa shape index (κ2) is 5.91. The Morgan fingerprint density at radius 3 is 1.39 bits per heavy atom. The van der Waals surface area contributed by atoms with Gasteiger partial charge in [-0.15, -0.1) is 0 Å². The Balaban J connectivity index is 1.83. The van der Waals surface area contributed by atoms with Crippen molar-refractivity contribution in [2.45, 2.75) is 76.0 Å². The molecule has 2 radical (unpaired) electrons. The lowest BCUT2D eigenvalue weighted by Gasteiger charge is -2.29. The fourth-order valence-electron chi connectivity index (χ4n) is 3.88. The van der Waals surface area contributed by atoms with E-state index in [2.05, 4.69) is 24.3 Å². The monoisotopic (exact) mass is 240 g/mol. The average Bonchev–Trinajstić information content (AvgIpc) is 2.49. The Hall–Kier alpha value is -0.780. The molecule has 0 bridgehead atoms. The number of rotatable bonds is 2. The maximum atomic E-state index is 3.57. The first kappa shape index (κ1) is 12.3. The Morgan fingerprint density at radius 2 is 1.00 bits per heavy atom. The molecule has 2 aliphatic carbocycles. The first-order valence-corrected chi connectivity index (χ1v) is 7.87. The molecule has 96 valence electrons. The summed E-state index contributed by atoms with van der Waals surface area (Å²) in [5, 5.41) is 0. The van der Waals surface area contributed by atoms with Crippen molar-refractivity contribution in [2.24, 2.45) is 0 Å². The largest absolute Gasteiger partial charge is 0.0534 e. The molecule has 0 heteroatoms. The molecule has 0 N–H and O–H groups in total. The maximum Gasteiger partial charge on any atom is -0.0143 e. The topological polar surface area (TPSA) is 0 Å². The van der Waals surface area contributed by atoms with E-state index in [9.17, 15) is 0 Å². The van der Waals surface area contributed by atoms with Gasteiger partial charge in [0.2, 0.25) is 0 Å². The SMILES string of the molecule is [c]1cc[c]c(C2CCCCC2)c1C1CCCCC1. The summed E-state index contributed by atoms with van der Waals surface area (Å²) in [6.07, 6.45) is 14.1. The minimum Gasteiger partial charge on any atom is -0.0534 e. The molecular formula is C18H24. The predicted octanol–water partition coefficient (Wildman–Crippen LogP) is 5.38. The van der Waals surface area contributed by atoms with Crippen LogP contribution in [0.1, 0.15) is 87.2 Å². The highest BCUT2D eigenvalue weighted by molar-refractivity contribution is 5.32. The average molecular weight is 240 g/mol. The molecule has 3 rings (SSSR count). The zero-order valence-corrected chi connectivity index (χ0v) is 11.4. The molecule has 0 spiro atoms. The standard InChI is InChI=1S/C18H24/c1-3-9-15(10-4-1)17-13-7-8-14-18(17)16-11-5-2-6-12-16/h7-8,15-16H,1-6,9-12H2. The quantitative estimate of drug-likeness (QED) is 0.651. The second-order valence-corrected chi connectivity index (χ2v) is 6.12. The van der Waals surface area contributed by atoms with Crippen molar-refractivity contribution in [3.8, 4) is 0 Å². The summed E-state index contributed by atoms with van der Waals surface area (Å²) in [6, 6.07) is 11.3. The fraction of sp³-hybridized carbons (Fsp3) is 0.667. The highest BCUT2D eigenvalue weighted by Crippen LogP contribution is 2.40. The molecule has 0 aromatic heterocycles. The zero-order chi connectivity index (χ0) is 12.2. The molecule has 2 fully saturated rings. The Labute approximate surface area is 112 Å². The summed E-state index contributed by atoms with van der Waals surface area (Å²) < 4.78 is 0. The number of hydrogen-bond donors (Lipinski definition) is 0. The molecule has 0 heterocycles. The summed E-state index contributed by atoms with van der Waals surface area (Å²) in [5.74, 6) is 1.57. The van der Waals surface area contributed by atoms with Crippen LogP contribution in [0.5, 0.6) is 0 Å². The van der Waals surface area contributed by atoms with Crippen LogP contribution in [-0.2, 0) is 0 Å². The van der Waals surface area contributed by atoms with Gasteiger partial charge < -0.3 is 0 Å². The first-order chi connectivity index (χ1) is 8.95. The van der Waals surface area contributed by atoms with Gasteiger partial charge in [-0.05, 0) is 60.8 Å². The lowest BCUT2D eigenvalue weighted by Crippen LogP contribution is -2.12. The van der Waals surface area contributed by atoms with E-state index in [0.717, 1.165) is 11.8 Å². The molecule has 1 aromatic carbocycles. The third kappa shape index (κ3) is 2.63. The molecule has 0 unspecified atom stereocenters. The van der Waals surface area contributed by atoms with Crippen molar-refractivity contribution < 1.29 is 0 Å². The highest BCUT2D eigenvalue weighted by atomic mass is 14.3. The van der Waals surface area contributed by atoms with Crippen LogP contribution in [-0.4, -0.2) is 0 Å². The van der Waals surface area contributed by atoms with Gasteiger partial charge in [-0.2, -0.15) is 0 Å². The molecule has 0 aliphatic heterocycles. The minimum absolute atomic E-state index is 0.785. The second-order valence-electron chi connectivity index (χ2n) is 6.12. The number of hydrogen-bond acceptors (Lipinski definition) is 0. The Kier molecular flexibility index (Phi) is 4.02. The van der Waals surface area contributed by atoms with Gasteiger partial charge in [-0.25, -0.2) is 0 Å². The van der Waals surface area contributed by atoms with Gasteiger partial charge in [0.15, 0.2) is 0 Å². The van der Waals surface area contributed by atoms with Crippen LogP contribution in [0.4, 0.5) is 0 Å². The molecule has 0 nitrogen and oxygen atoms in total. The van der Waals surface area contributed by atoms with Gasteiger partial charge in [0.05, 0.1) is 0 Å². The first-order valence-electron chi connectivity index (χ1n) is 7.87. The zero-order valence-electron chi connectivity index (χ0n) is 11.4. The van der Waals surface area contributed by atoms with Crippen molar-refractivity contribution in [1.29, 1.82) is 0 Å². The van der Waals surface area contributed by atoms with Gasteiger partial charge in [-0.1, -0.05) is 50.7 Å². The van der Waals surface area contributed by atoms with E-state index in [4.69, 9.17) is 0 Å². The van der Waals surface area contributed by atoms with Gasteiger partial charge in [0, 0.05) is 0 Å². The molecule has 18 heavy (non-hydrogen) atoms. The van der Waals surface area contributed by atoms with Crippen LogP contribution in [0.15, 0.2) is 12.1 Å². The maximum absolute atomic E-state index is 3.57. The van der Waals surface area contributed by atoms with Crippen molar-refractivity contribution in [1.82, 2.24) is 0 Å². The fourth-order valence-corrected chi connectivity index (χ4v) is 3.88. The van der Waals surface area contributed by atoms with Gasteiger partial charge in [0.1, 0.15) is 0 Å². The highest BCUT2D eigenvalue weighted by Gasteiger charge is 2.23. The summed E-state index contributed by atoms with van der Waals surface area (Å²) >= 11 is 0. The predicted molar refractivity (Wildman–Crippen MR) is 75.8 cm³/mol. The molecule has 0 saturated heterocycles.